The second-order valence-corrected chi connectivity index (χ2v) is 4.10. The molecule has 3 rings (SSSR count). The molecule has 3 aromatic rings. The Morgan fingerprint density at radius 2 is 2.05 bits per heavy atom. The summed E-state index contributed by atoms with van der Waals surface area (Å²) in [5.41, 5.74) is 1.21. The Labute approximate surface area is 112 Å². The fourth-order valence-corrected chi connectivity index (χ4v) is 1.91. The molecule has 5 nitrogen and oxygen atoms in total. The third kappa shape index (κ3) is 2.06. The Morgan fingerprint density at radius 3 is 2.74 bits per heavy atom. The van der Waals surface area contributed by atoms with E-state index in [1.54, 1.807) is 18.3 Å². The maximum absolute atomic E-state index is 14.3. The Morgan fingerprint density at radius 1 is 1.16 bits per heavy atom. The molecule has 0 aliphatic heterocycles. The van der Waals surface area contributed by atoms with Crippen LogP contribution in [0.1, 0.15) is 0 Å². The van der Waals surface area contributed by atoms with Gasteiger partial charge >= 0.3 is 0 Å². The Bertz CT molecular complexity index is 700. The van der Waals surface area contributed by atoms with Crippen molar-refractivity contribution in [3.05, 3.63) is 54.0 Å². The SMILES string of the molecule is Fc1c(Cl)ccc(-n2ccnn2)c1-c1ccncn1. The molecule has 0 radical (unpaired) electrons. The van der Waals surface area contributed by atoms with E-state index in [2.05, 4.69) is 20.3 Å². The van der Waals surface area contributed by atoms with Crippen molar-refractivity contribution in [2.75, 3.05) is 0 Å². The third-order valence-electron chi connectivity index (χ3n) is 2.58. The van der Waals surface area contributed by atoms with E-state index >= 15 is 0 Å². The van der Waals surface area contributed by atoms with E-state index in [0.717, 1.165) is 0 Å². The normalized spacial score (nSPS) is 10.6. The molecule has 0 spiro atoms. The van der Waals surface area contributed by atoms with E-state index in [4.69, 9.17) is 11.6 Å². The van der Waals surface area contributed by atoms with Crippen molar-refractivity contribution >= 4 is 11.6 Å². The first-order valence-corrected chi connectivity index (χ1v) is 5.76. The number of nitrogens with zero attached hydrogens (tertiary/aromatic N) is 5. The van der Waals surface area contributed by atoms with Crippen LogP contribution in [0, 0.1) is 5.82 Å². The van der Waals surface area contributed by atoms with Gasteiger partial charge in [-0.05, 0) is 18.2 Å². The molecule has 0 fully saturated rings. The van der Waals surface area contributed by atoms with Crippen molar-refractivity contribution in [1.29, 1.82) is 0 Å². The molecule has 0 unspecified atom stereocenters. The zero-order chi connectivity index (χ0) is 13.2. The summed E-state index contributed by atoms with van der Waals surface area (Å²) in [6, 6.07) is 4.74. The smallest absolute Gasteiger partial charge is 0.153 e. The Balaban J connectivity index is 2.30. The lowest BCUT2D eigenvalue weighted by Gasteiger charge is -2.10. The summed E-state index contributed by atoms with van der Waals surface area (Å²) >= 11 is 5.83. The van der Waals surface area contributed by atoms with Gasteiger partial charge in [0.2, 0.25) is 0 Å². The van der Waals surface area contributed by atoms with Crippen LogP contribution in [-0.4, -0.2) is 25.0 Å². The van der Waals surface area contributed by atoms with Crippen LogP contribution in [0.3, 0.4) is 0 Å². The molecule has 0 atom stereocenters. The fourth-order valence-electron chi connectivity index (χ4n) is 1.75. The Kier molecular flexibility index (Phi) is 2.92. The second-order valence-electron chi connectivity index (χ2n) is 3.70. The lowest BCUT2D eigenvalue weighted by atomic mass is 10.1. The first-order valence-electron chi connectivity index (χ1n) is 5.38. The molecule has 1 aromatic carbocycles. The number of aromatic nitrogens is 5. The lowest BCUT2D eigenvalue weighted by Crippen LogP contribution is -2.02. The number of hydrogen-bond acceptors (Lipinski definition) is 4. The molecule has 0 amide bonds. The average molecular weight is 276 g/mol. The average Bonchev–Trinajstić information content (AvgIpc) is 2.96. The second kappa shape index (κ2) is 4.74. The molecule has 94 valence electrons. The summed E-state index contributed by atoms with van der Waals surface area (Å²) in [6.07, 6.45) is 6.01. The summed E-state index contributed by atoms with van der Waals surface area (Å²) in [5, 5.41) is 7.59. The zero-order valence-corrected chi connectivity index (χ0v) is 10.3. The monoisotopic (exact) mass is 275 g/mol. The highest BCUT2D eigenvalue weighted by Crippen LogP contribution is 2.31. The minimum atomic E-state index is -0.548. The van der Waals surface area contributed by atoms with Crippen molar-refractivity contribution < 1.29 is 4.39 Å². The van der Waals surface area contributed by atoms with Gasteiger partial charge in [0, 0.05) is 6.20 Å². The van der Waals surface area contributed by atoms with Crippen molar-refractivity contribution in [1.82, 2.24) is 25.0 Å². The van der Waals surface area contributed by atoms with Crippen LogP contribution in [0.2, 0.25) is 5.02 Å². The highest BCUT2D eigenvalue weighted by atomic mass is 35.5. The predicted octanol–water partition coefficient (Wildman–Crippen LogP) is 2.52. The maximum Gasteiger partial charge on any atom is 0.153 e. The van der Waals surface area contributed by atoms with Gasteiger partial charge in [0.15, 0.2) is 5.82 Å². The van der Waals surface area contributed by atoms with Gasteiger partial charge in [-0.25, -0.2) is 19.0 Å². The van der Waals surface area contributed by atoms with Crippen molar-refractivity contribution in [3.8, 4) is 16.9 Å². The topological polar surface area (TPSA) is 56.5 Å². The van der Waals surface area contributed by atoms with Crippen LogP contribution in [-0.2, 0) is 0 Å². The molecule has 0 N–H and O–H groups in total. The molecule has 2 heterocycles. The van der Waals surface area contributed by atoms with E-state index in [-0.39, 0.29) is 10.6 Å². The van der Waals surface area contributed by atoms with Gasteiger partial charge in [-0.15, -0.1) is 5.10 Å². The number of rotatable bonds is 2. The molecular weight excluding hydrogens is 269 g/mol. The van der Waals surface area contributed by atoms with Gasteiger partial charge in [-0.3, -0.25) is 0 Å². The van der Waals surface area contributed by atoms with E-state index < -0.39 is 5.82 Å². The molecule has 2 aromatic heterocycles. The number of benzene rings is 1. The van der Waals surface area contributed by atoms with Gasteiger partial charge in [0.25, 0.3) is 0 Å². The van der Waals surface area contributed by atoms with E-state index in [1.165, 1.54) is 29.5 Å². The van der Waals surface area contributed by atoms with Gasteiger partial charge in [0.05, 0.1) is 34.4 Å². The minimum Gasteiger partial charge on any atom is -0.245 e. The van der Waals surface area contributed by atoms with E-state index in [9.17, 15) is 4.39 Å². The molecule has 0 saturated carbocycles. The molecule has 0 bridgehead atoms. The van der Waals surface area contributed by atoms with Gasteiger partial charge in [-0.1, -0.05) is 16.8 Å². The highest BCUT2D eigenvalue weighted by Gasteiger charge is 2.17. The summed E-state index contributed by atoms with van der Waals surface area (Å²) < 4.78 is 15.7. The molecule has 7 heteroatoms. The summed E-state index contributed by atoms with van der Waals surface area (Å²) in [5.74, 6) is -0.548. The largest absolute Gasteiger partial charge is 0.245 e. The van der Waals surface area contributed by atoms with Crippen molar-refractivity contribution in [3.63, 3.8) is 0 Å². The van der Waals surface area contributed by atoms with Crippen LogP contribution < -0.4 is 0 Å². The van der Waals surface area contributed by atoms with E-state index in [1.807, 2.05) is 0 Å². The first kappa shape index (κ1) is 11.7. The molecule has 0 aliphatic carbocycles. The summed E-state index contributed by atoms with van der Waals surface area (Å²) in [4.78, 5) is 7.86. The minimum absolute atomic E-state index is 0.0254. The lowest BCUT2D eigenvalue weighted by molar-refractivity contribution is 0.628. The van der Waals surface area contributed by atoms with Crippen molar-refractivity contribution in [2.45, 2.75) is 0 Å². The maximum atomic E-state index is 14.3. The van der Waals surface area contributed by atoms with Gasteiger partial charge in [-0.2, -0.15) is 0 Å². The standard InChI is InChI=1S/C12H7ClFN5/c13-8-1-2-10(19-6-5-17-18-19)11(12(8)14)9-3-4-15-7-16-9/h1-7H. The van der Waals surface area contributed by atoms with Crippen LogP contribution in [0.5, 0.6) is 0 Å². The molecule has 0 saturated heterocycles. The first-order chi connectivity index (χ1) is 9.27. The zero-order valence-electron chi connectivity index (χ0n) is 9.53. The van der Waals surface area contributed by atoms with Crippen LogP contribution in [0.15, 0.2) is 43.1 Å². The summed E-state index contributed by atoms with van der Waals surface area (Å²) in [7, 11) is 0. The van der Waals surface area contributed by atoms with Crippen LogP contribution >= 0.6 is 11.6 Å². The van der Waals surface area contributed by atoms with Crippen LogP contribution in [0.25, 0.3) is 16.9 Å². The molecule has 19 heavy (non-hydrogen) atoms. The van der Waals surface area contributed by atoms with E-state index in [0.29, 0.717) is 11.4 Å². The number of hydrogen-bond donors (Lipinski definition) is 0. The number of halogens is 2. The van der Waals surface area contributed by atoms with Gasteiger partial charge in [0.1, 0.15) is 6.33 Å². The predicted molar refractivity (Wildman–Crippen MR) is 67.4 cm³/mol. The molecule has 0 aliphatic rings. The van der Waals surface area contributed by atoms with Crippen molar-refractivity contribution in [2.24, 2.45) is 0 Å². The quantitative estimate of drug-likeness (QED) is 0.721. The summed E-state index contributed by atoms with van der Waals surface area (Å²) in [6.45, 7) is 0. The Hall–Kier alpha value is -2.34. The fraction of sp³-hybridized carbons (Fsp3) is 0. The highest BCUT2D eigenvalue weighted by molar-refractivity contribution is 6.31. The molecular formula is C12H7ClFN5. The van der Waals surface area contributed by atoms with Crippen LogP contribution in [0.4, 0.5) is 4.39 Å². The van der Waals surface area contributed by atoms with Gasteiger partial charge < -0.3 is 0 Å². The third-order valence-corrected chi connectivity index (χ3v) is 2.87.